The van der Waals surface area contributed by atoms with E-state index in [1.165, 1.54) is 6.07 Å². The lowest BCUT2D eigenvalue weighted by molar-refractivity contribution is -0.141. The molecular weight excluding hydrogens is 477 g/mol. The van der Waals surface area contributed by atoms with Crippen LogP contribution in [0.5, 0.6) is 0 Å². The van der Waals surface area contributed by atoms with Crippen molar-refractivity contribution in [2.75, 3.05) is 0 Å². The number of thiophene rings is 1. The normalized spacial score (nSPS) is 13.2. The van der Waals surface area contributed by atoms with Crippen molar-refractivity contribution < 1.29 is 26.3 Å². The average molecular weight is 481 g/mol. The maximum Gasteiger partial charge on any atom is 0.419 e. The Morgan fingerprint density at radius 3 is 2.13 bits per heavy atom. The largest absolute Gasteiger partial charge is 0.419 e. The van der Waals surface area contributed by atoms with Gasteiger partial charge in [0, 0.05) is 23.7 Å². The molecule has 9 heteroatoms. The van der Waals surface area contributed by atoms with Gasteiger partial charge >= 0.3 is 12.4 Å². The Balaban J connectivity index is 2.55. The summed E-state index contributed by atoms with van der Waals surface area (Å²) in [5, 5.41) is -1.05. The summed E-state index contributed by atoms with van der Waals surface area (Å²) in [6.07, 6.45) is -9.95. The summed E-state index contributed by atoms with van der Waals surface area (Å²) >= 11 is 8.25. The van der Waals surface area contributed by atoms with Gasteiger partial charge in [-0.2, -0.15) is 26.3 Å². The molecule has 0 nitrogen and oxygen atoms in total. The second-order valence-corrected chi connectivity index (χ2v) is 7.40. The van der Waals surface area contributed by atoms with Gasteiger partial charge in [-0.1, -0.05) is 17.7 Å². The Morgan fingerprint density at radius 2 is 1.57 bits per heavy atom. The van der Waals surface area contributed by atoms with E-state index in [1.54, 1.807) is 12.1 Å². The van der Waals surface area contributed by atoms with E-state index in [1.807, 2.05) is 22.6 Å². The Hall–Kier alpha value is -0.740. The van der Waals surface area contributed by atoms with Crippen molar-refractivity contribution >= 4 is 65.7 Å². The molecule has 0 amide bonds. The lowest BCUT2D eigenvalue weighted by atomic mass is 10.0. The SMILES string of the molecule is FC(F)(F)c1cc2c(sc3cc(I)ccc32)c(C(F)(F)F)c1Cl. The van der Waals surface area contributed by atoms with E-state index in [2.05, 4.69) is 0 Å². The predicted octanol–water partition coefficient (Wildman–Crippen LogP) is 7.35. The molecule has 0 radical (unpaired) electrons. The third-order valence-corrected chi connectivity index (χ3v) is 5.50. The minimum atomic E-state index is -4.98. The monoisotopic (exact) mass is 480 g/mol. The molecule has 0 N–H and O–H groups in total. The average Bonchev–Trinajstić information content (AvgIpc) is 2.71. The van der Waals surface area contributed by atoms with Crippen LogP contribution < -0.4 is 0 Å². The number of rotatable bonds is 0. The Kier molecular flexibility index (Phi) is 4.00. The minimum Gasteiger partial charge on any atom is -0.166 e. The molecule has 3 aromatic rings. The molecule has 0 fully saturated rings. The van der Waals surface area contributed by atoms with Crippen molar-refractivity contribution in [2.24, 2.45) is 0 Å². The van der Waals surface area contributed by atoms with Crippen LogP contribution in [0.1, 0.15) is 11.1 Å². The molecule has 0 saturated heterocycles. The summed E-state index contributed by atoms with van der Waals surface area (Å²) in [7, 11) is 0. The summed E-state index contributed by atoms with van der Waals surface area (Å²) in [6, 6.07) is 5.47. The maximum absolute atomic E-state index is 13.3. The van der Waals surface area contributed by atoms with Crippen molar-refractivity contribution in [1.82, 2.24) is 0 Å². The number of benzene rings is 2. The van der Waals surface area contributed by atoms with Gasteiger partial charge in [-0.25, -0.2) is 0 Å². The molecule has 2 aromatic carbocycles. The van der Waals surface area contributed by atoms with E-state index in [9.17, 15) is 26.3 Å². The van der Waals surface area contributed by atoms with Gasteiger partial charge in [0.05, 0.1) is 16.1 Å². The molecular formula is C14H4ClF6IS. The molecule has 1 heterocycles. The van der Waals surface area contributed by atoms with Crippen LogP contribution in [0.3, 0.4) is 0 Å². The van der Waals surface area contributed by atoms with Crippen LogP contribution in [0.25, 0.3) is 20.2 Å². The lowest BCUT2D eigenvalue weighted by Crippen LogP contribution is -2.12. The van der Waals surface area contributed by atoms with Crippen molar-refractivity contribution in [3.8, 4) is 0 Å². The van der Waals surface area contributed by atoms with Crippen LogP contribution in [-0.2, 0) is 12.4 Å². The maximum atomic E-state index is 13.3. The molecule has 122 valence electrons. The van der Waals surface area contributed by atoms with Crippen LogP contribution >= 0.6 is 45.5 Å². The zero-order valence-corrected chi connectivity index (χ0v) is 14.5. The molecule has 23 heavy (non-hydrogen) atoms. The van der Waals surface area contributed by atoms with Crippen LogP contribution in [0.4, 0.5) is 26.3 Å². The van der Waals surface area contributed by atoms with E-state index < -0.39 is 28.5 Å². The molecule has 0 bridgehead atoms. The van der Waals surface area contributed by atoms with Crippen LogP contribution in [0.2, 0.25) is 5.02 Å². The first-order valence-electron chi connectivity index (χ1n) is 5.99. The first-order valence-corrected chi connectivity index (χ1v) is 8.26. The molecule has 0 spiro atoms. The van der Waals surface area contributed by atoms with Gasteiger partial charge in [0.1, 0.15) is 0 Å². The van der Waals surface area contributed by atoms with Crippen LogP contribution in [0, 0.1) is 3.57 Å². The van der Waals surface area contributed by atoms with Gasteiger partial charge in [-0.15, -0.1) is 11.3 Å². The summed E-state index contributed by atoms with van der Waals surface area (Å²) in [6.45, 7) is 0. The molecule has 3 rings (SSSR count). The fourth-order valence-corrected chi connectivity index (χ4v) is 4.74. The fourth-order valence-electron chi connectivity index (χ4n) is 2.32. The first-order chi connectivity index (χ1) is 10.5. The summed E-state index contributed by atoms with van der Waals surface area (Å²) in [4.78, 5) is 0. The van der Waals surface area contributed by atoms with Gasteiger partial charge in [0.15, 0.2) is 0 Å². The van der Waals surface area contributed by atoms with Crippen molar-refractivity contribution in [1.29, 1.82) is 0 Å². The second-order valence-electron chi connectivity index (χ2n) is 4.73. The quantitative estimate of drug-likeness (QED) is 0.233. The van der Waals surface area contributed by atoms with Crippen LogP contribution in [-0.4, -0.2) is 0 Å². The lowest BCUT2D eigenvalue weighted by Gasteiger charge is -2.15. The molecule has 0 unspecified atom stereocenters. The summed E-state index contributed by atoms with van der Waals surface area (Å²) in [5.74, 6) is 0. The highest BCUT2D eigenvalue weighted by molar-refractivity contribution is 14.1. The second kappa shape index (κ2) is 5.38. The fraction of sp³-hybridized carbons (Fsp3) is 0.143. The number of halogens is 8. The van der Waals surface area contributed by atoms with Gasteiger partial charge in [-0.05, 0) is 40.8 Å². The summed E-state index contributed by atoms with van der Waals surface area (Å²) < 4.78 is 80.1. The third-order valence-electron chi connectivity index (χ3n) is 3.25. The highest BCUT2D eigenvalue weighted by Crippen LogP contribution is 2.50. The van der Waals surface area contributed by atoms with Crippen molar-refractivity contribution in [2.45, 2.75) is 12.4 Å². The molecule has 0 aliphatic carbocycles. The molecule has 0 aliphatic rings. The molecule has 1 aromatic heterocycles. The van der Waals surface area contributed by atoms with E-state index >= 15 is 0 Å². The Morgan fingerprint density at radius 1 is 0.913 bits per heavy atom. The third kappa shape index (κ3) is 2.89. The van der Waals surface area contributed by atoms with Crippen molar-refractivity contribution in [3.05, 3.63) is 44.0 Å². The van der Waals surface area contributed by atoms with E-state index in [4.69, 9.17) is 11.6 Å². The van der Waals surface area contributed by atoms with Gasteiger partial charge < -0.3 is 0 Å². The van der Waals surface area contributed by atoms with E-state index in [-0.39, 0.29) is 10.1 Å². The summed E-state index contributed by atoms with van der Waals surface area (Å²) in [5.41, 5.74) is -2.91. The predicted molar refractivity (Wildman–Crippen MR) is 87.1 cm³/mol. The smallest absolute Gasteiger partial charge is 0.166 e. The standard InChI is InChI=1S/C14H4ClF6IS/c15-11-8(13(16,17)18)4-7-6-2-1-5(22)3-9(6)23-12(7)10(11)14(19,20)21/h1-4H. The Bertz CT molecular complexity index is 925. The number of hydrogen-bond donors (Lipinski definition) is 0. The van der Waals surface area contributed by atoms with E-state index in [0.717, 1.165) is 14.9 Å². The van der Waals surface area contributed by atoms with E-state index in [0.29, 0.717) is 16.2 Å². The zero-order valence-electron chi connectivity index (χ0n) is 10.7. The van der Waals surface area contributed by atoms with Gasteiger partial charge in [-0.3, -0.25) is 0 Å². The van der Waals surface area contributed by atoms with Crippen LogP contribution in [0.15, 0.2) is 24.3 Å². The Labute approximate surface area is 148 Å². The minimum absolute atomic E-state index is 0.0922. The topological polar surface area (TPSA) is 0 Å². The highest BCUT2D eigenvalue weighted by Gasteiger charge is 2.42. The molecule has 0 atom stereocenters. The molecule has 0 aliphatic heterocycles. The number of hydrogen-bond acceptors (Lipinski definition) is 1. The first kappa shape index (κ1) is 17.1. The highest BCUT2D eigenvalue weighted by atomic mass is 127. The molecule has 0 saturated carbocycles. The van der Waals surface area contributed by atoms with Gasteiger partial charge in [0.2, 0.25) is 0 Å². The number of fused-ring (bicyclic) bond motifs is 3. The van der Waals surface area contributed by atoms with Crippen molar-refractivity contribution in [3.63, 3.8) is 0 Å². The zero-order chi connectivity index (χ0) is 17.2. The van der Waals surface area contributed by atoms with Gasteiger partial charge in [0.25, 0.3) is 0 Å². The number of alkyl halides is 6.